The van der Waals surface area contributed by atoms with E-state index in [1.165, 1.54) is 4.90 Å². The van der Waals surface area contributed by atoms with Crippen LogP contribution in [0.2, 0.25) is 0 Å². The summed E-state index contributed by atoms with van der Waals surface area (Å²) in [4.78, 5) is 21.1. The molecule has 0 unspecified atom stereocenters. The third-order valence-corrected chi connectivity index (χ3v) is 5.99. The number of aromatic nitrogens is 3. The van der Waals surface area contributed by atoms with Crippen LogP contribution in [0.1, 0.15) is 44.6 Å². The van der Waals surface area contributed by atoms with E-state index in [1.807, 2.05) is 51.1 Å². The number of benzene rings is 2. The lowest BCUT2D eigenvalue weighted by molar-refractivity contribution is 0.0892. The van der Waals surface area contributed by atoms with Crippen LogP contribution in [0.3, 0.4) is 0 Å². The molecule has 0 bridgehead atoms. The normalized spacial score (nSPS) is 13.3. The molecule has 2 aromatic carbocycles. The third kappa shape index (κ3) is 6.88. The summed E-state index contributed by atoms with van der Waals surface area (Å²) in [6.07, 6.45) is 0.237. The van der Waals surface area contributed by atoms with Crippen molar-refractivity contribution in [2.75, 3.05) is 27.3 Å². The molecule has 3 aromatic rings. The summed E-state index contributed by atoms with van der Waals surface area (Å²) in [6.45, 7) is 5.61. The average molecular weight is 517 g/mol. The van der Waals surface area contributed by atoms with Crippen LogP contribution in [-0.4, -0.2) is 64.0 Å². The van der Waals surface area contributed by atoms with Crippen molar-refractivity contribution in [1.29, 1.82) is 0 Å². The van der Waals surface area contributed by atoms with Crippen molar-refractivity contribution < 1.29 is 18.0 Å². The van der Waals surface area contributed by atoms with E-state index in [0.717, 1.165) is 23.8 Å². The van der Waals surface area contributed by atoms with E-state index in [-0.39, 0.29) is 30.4 Å². The number of amides is 2. The van der Waals surface area contributed by atoms with Gasteiger partial charge in [0.1, 0.15) is 18.3 Å². The highest BCUT2D eigenvalue weighted by Crippen LogP contribution is 2.39. The maximum Gasteiger partial charge on any atom is 0.320 e. The molecule has 200 valence electrons. The third-order valence-electron chi connectivity index (χ3n) is 5.99. The first-order valence-corrected chi connectivity index (χ1v) is 12.2. The molecule has 0 saturated carbocycles. The van der Waals surface area contributed by atoms with Gasteiger partial charge >= 0.3 is 6.03 Å². The Balaban J connectivity index is 2.21. The van der Waals surface area contributed by atoms with Crippen LogP contribution >= 0.6 is 0 Å². The van der Waals surface area contributed by atoms with E-state index in [1.54, 1.807) is 23.7 Å². The molecule has 0 aliphatic carbocycles. The highest BCUT2D eigenvalue weighted by Gasteiger charge is 2.39. The second-order valence-electron chi connectivity index (χ2n) is 10.4. The number of alkyl halides is 1. The molecule has 1 heterocycles. The molecule has 0 aliphatic heterocycles. The van der Waals surface area contributed by atoms with E-state index >= 15 is 0 Å². The molecule has 0 aliphatic rings. The minimum absolute atomic E-state index is 0.00916. The van der Waals surface area contributed by atoms with Crippen LogP contribution in [0.15, 0.2) is 48.5 Å². The maximum absolute atomic E-state index is 14.7. The van der Waals surface area contributed by atoms with Crippen molar-refractivity contribution in [3.63, 3.8) is 0 Å². The molecule has 0 spiro atoms. The monoisotopic (exact) mass is 516 g/mol. The Morgan fingerprint density at radius 2 is 1.78 bits per heavy atom. The van der Waals surface area contributed by atoms with Crippen molar-refractivity contribution >= 4 is 6.03 Å². The van der Waals surface area contributed by atoms with Gasteiger partial charge in [0.25, 0.3) is 0 Å². The largest absolute Gasteiger partial charge is 0.331 e. The molecule has 37 heavy (non-hydrogen) atoms. The number of carbonyl (C=O) groups is 1. The van der Waals surface area contributed by atoms with E-state index in [2.05, 4.69) is 10.1 Å². The number of hydrogen-bond donors (Lipinski definition) is 1. The van der Waals surface area contributed by atoms with Crippen LogP contribution in [0.5, 0.6) is 0 Å². The van der Waals surface area contributed by atoms with Gasteiger partial charge in [-0.05, 0) is 35.6 Å². The molecule has 0 radical (unpaired) electrons. The molecule has 10 heteroatoms. The maximum atomic E-state index is 14.7. The second-order valence-corrected chi connectivity index (χ2v) is 10.4. The fourth-order valence-electron chi connectivity index (χ4n) is 4.18. The zero-order chi connectivity index (χ0) is 27.3. The lowest BCUT2D eigenvalue weighted by Gasteiger charge is -2.41. The zero-order valence-corrected chi connectivity index (χ0v) is 22.0. The summed E-state index contributed by atoms with van der Waals surface area (Å²) < 4.78 is 43.6. The number of rotatable bonds is 9. The average Bonchev–Trinajstić information content (AvgIpc) is 3.24. The number of nitrogens with zero attached hydrogens (tertiary/aromatic N) is 5. The number of halogens is 3. The van der Waals surface area contributed by atoms with Gasteiger partial charge in [-0.15, -0.1) is 0 Å². The van der Waals surface area contributed by atoms with Gasteiger partial charge in [-0.3, -0.25) is 0 Å². The van der Waals surface area contributed by atoms with Gasteiger partial charge in [0.15, 0.2) is 11.6 Å². The van der Waals surface area contributed by atoms with Crippen LogP contribution in [0, 0.1) is 17.0 Å². The summed E-state index contributed by atoms with van der Waals surface area (Å²) in [7, 11) is 3.26. The number of urea groups is 1. The summed E-state index contributed by atoms with van der Waals surface area (Å²) in [5.74, 6) is -0.865. The highest BCUT2D eigenvalue weighted by atomic mass is 19.1. The quantitative estimate of drug-likeness (QED) is 0.433. The van der Waals surface area contributed by atoms with Gasteiger partial charge in [0, 0.05) is 26.7 Å². The van der Waals surface area contributed by atoms with Gasteiger partial charge in [0.2, 0.25) is 0 Å². The molecule has 1 aromatic heterocycles. The Hall–Kier alpha value is -3.40. The van der Waals surface area contributed by atoms with E-state index < -0.39 is 35.8 Å². The molecule has 3 rings (SSSR count). The Bertz CT molecular complexity index is 1190. The topological polar surface area (TPSA) is 80.3 Å². The fourth-order valence-corrected chi connectivity index (χ4v) is 4.18. The minimum atomic E-state index is -0.725. The van der Waals surface area contributed by atoms with Gasteiger partial charge < -0.3 is 15.5 Å². The fraction of sp³-hybridized carbons (Fsp3) is 0.444. The van der Waals surface area contributed by atoms with E-state index in [4.69, 9.17) is 5.73 Å². The molecule has 0 fully saturated rings. The Labute approximate surface area is 216 Å². The van der Waals surface area contributed by atoms with Crippen LogP contribution < -0.4 is 5.73 Å². The lowest BCUT2D eigenvalue weighted by Crippen LogP contribution is -2.48. The van der Waals surface area contributed by atoms with Crippen LogP contribution in [-0.2, 0) is 6.54 Å². The molecule has 2 N–H and O–H groups in total. The van der Waals surface area contributed by atoms with Crippen LogP contribution in [0.25, 0.3) is 11.4 Å². The van der Waals surface area contributed by atoms with E-state index in [9.17, 15) is 18.0 Å². The summed E-state index contributed by atoms with van der Waals surface area (Å²) in [5, 5.41) is 4.57. The highest BCUT2D eigenvalue weighted by molar-refractivity contribution is 5.74. The first-order chi connectivity index (χ1) is 17.4. The number of hydrogen-bond acceptors (Lipinski definition) is 4. The summed E-state index contributed by atoms with van der Waals surface area (Å²) >= 11 is 0. The lowest BCUT2D eigenvalue weighted by atomic mass is 9.84. The van der Waals surface area contributed by atoms with E-state index in [0.29, 0.717) is 12.4 Å². The Morgan fingerprint density at radius 1 is 1.11 bits per heavy atom. The van der Waals surface area contributed by atoms with Crippen molar-refractivity contribution in [2.45, 2.75) is 45.8 Å². The predicted molar refractivity (Wildman–Crippen MR) is 137 cm³/mol. The van der Waals surface area contributed by atoms with Gasteiger partial charge in [0.05, 0.1) is 18.2 Å². The molecular weight excluding hydrogens is 481 g/mol. The zero-order valence-electron chi connectivity index (χ0n) is 22.0. The molecular formula is C27H35F3N6O. The first kappa shape index (κ1) is 28.2. The standard InChI is InChI=1S/C27H35F3N6O/c1-27(2,3)23(35(26(37)34(4)5)14-13-20(31)16-28)25-32-24(21-15-19(29)11-12-22(21)30)33-36(25)17-18-9-7-6-8-10-18/h6-12,15,20,23H,13-14,16-17,31H2,1-5H3/t20-,23-/m0/s1. The van der Waals surface area contributed by atoms with Crippen molar-refractivity contribution in [3.05, 3.63) is 71.6 Å². The second kappa shape index (κ2) is 11.8. The van der Waals surface area contributed by atoms with Crippen LogP contribution in [0.4, 0.5) is 18.0 Å². The Kier molecular flexibility index (Phi) is 8.96. The smallest absolute Gasteiger partial charge is 0.320 e. The molecule has 0 saturated heterocycles. The molecule has 2 amide bonds. The molecule has 7 nitrogen and oxygen atoms in total. The predicted octanol–water partition coefficient (Wildman–Crippen LogP) is 5.03. The van der Waals surface area contributed by atoms with Crippen molar-refractivity contribution in [2.24, 2.45) is 11.1 Å². The van der Waals surface area contributed by atoms with Gasteiger partial charge in [-0.2, -0.15) is 5.10 Å². The molecule has 2 atom stereocenters. The van der Waals surface area contributed by atoms with Crippen molar-refractivity contribution in [3.8, 4) is 11.4 Å². The SMILES string of the molecule is CN(C)C(=O)N(CC[C@H](N)CF)[C@@H](c1nc(-c2cc(F)ccc2F)nn1Cc1ccccc1)C(C)(C)C. The number of nitrogens with two attached hydrogens (primary N) is 1. The Morgan fingerprint density at radius 3 is 2.38 bits per heavy atom. The van der Waals surface area contributed by atoms with Gasteiger partial charge in [-0.25, -0.2) is 27.6 Å². The number of carbonyl (C=O) groups excluding carboxylic acids is 1. The summed E-state index contributed by atoms with van der Waals surface area (Å²) in [5.41, 5.74) is 6.12. The summed E-state index contributed by atoms with van der Waals surface area (Å²) in [6, 6.07) is 11.0. The first-order valence-electron chi connectivity index (χ1n) is 12.2. The van der Waals surface area contributed by atoms with Crippen molar-refractivity contribution in [1.82, 2.24) is 24.6 Å². The minimum Gasteiger partial charge on any atom is -0.331 e. The van der Waals surface area contributed by atoms with Gasteiger partial charge in [-0.1, -0.05) is 51.1 Å².